The topological polar surface area (TPSA) is 42.1 Å². The van der Waals surface area contributed by atoms with E-state index in [2.05, 4.69) is 35.9 Å². The number of rotatable bonds is 3. The standard InChI is InChI=1S/C17H23N3/c1-12(2)13-7-9-20(10-13)11-14-5-6-16(18)15-4-3-8-19-17(14)15/h3-6,8,12-13H,7,9-11,18H2,1-2H3. The predicted molar refractivity (Wildman–Crippen MR) is 84.4 cm³/mol. The van der Waals surface area contributed by atoms with Crippen LogP contribution < -0.4 is 5.73 Å². The Balaban J connectivity index is 1.84. The number of benzene rings is 1. The third kappa shape index (κ3) is 2.50. The van der Waals surface area contributed by atoms with E-state index in [0.717, 1.165) is 35.0 Å². The van der Waals surface area contributed by atoms with Crippen LogP contribution in [0, 0.1) is 11.8 Å². The van der Waals surface area contributed by atoms with Gasteiger partial charge in [0.1, 0.15) is 0 Å². The molecule has 106 valence electrons. The lowest BCUT2D eigenvalue weighted by Gasteiger charge is -2.18. The van der Waals surface area contributed by atoms with Crippen LogP contribution in [-0.4, -0.2) is 23.0 Å². The largest absolute Gasteiger partial charge is 0.398 e. The van der Waals surface area contributed by atoms with Crippen molar-refractivity contribution in [2.45, 2.75) is 26.8 Å². The van der Waals surface area contributed by atoms with E-state index in [4.69, 9.17) is 5.73 Å². The molecule has 2 aromatic rings. The van der Waals surface area contributed by atoms with E-state index in [1.54, 1.807) is 0 Å². The summed E-state index contributed by atoms with van der Waals surface area (Å²) in [5.41, 5.74) is 9.21. The highest BCUT2D eigenvalue weighted by atomic mass is 15.1. The van der Waals surface area contributed by atoms with Crippen LogP contribution in [0.4, 0.5) is 5.69 Å². The van der Waals surface area contributed by atoms with Crippen molar-refractivity contribution >= 4 is 16.6 Å². The van der Waals surface area contributed by atoms with Crippen LogP contribution in [-0.2, 0) is 6.54 Å². The van der Waals surface area contributed by atoms with Crippen molar-refractivity contribution in [3.63, 3.8) is 0 Å². The molecule has 1 fully saturated rings. The minimum atomic E-state index is 0.779. The van der Waals surface area contributed by atoms with E-state index in [-0.39, 0.29) is 0 Å². The number of likely N-dealkylation sites (tertiary alicyclic amines) is 1. The average molecular weight is 269 g/mol. The quantitative estimate of drug-likeness (QED) is 0.869. The second-order valence-corrected chi connectivity index (χ2v) is 6.24. The summed E-state index contributed by atoms with van der Waals surface area (Å²) in [6.07, 6.45) is 3.17. The summed E-state index contributed by atoms with van der Waals surface area (Å²) in [5, 5.41) is 1.07. The molecule has 20 heavy (non-hydrogen) atoms. The lowest BCUT2D eigenvalue weighted by molar-refractivity contribution is 0.297. The Morgan fingerprint density at radius 1 is 1.35 bits per heavy atom. The van der Waals surface area contributed by atoms with Crippen molar-refractivity contribution in [2.75, 3.05) is 18.8 Å². The number of hydrogen-bond donors (Lipinski definition) is 1. The van der Waals surface area contributed by atoms with Crippen molar-refractivity contribution in [3.8, 4) is 0 Å². The number of nitrogen functional groups attached to an aromatic ring is 1. The zero-order valence-electron chi connectivity index (χ0n) is 12.3. The van der Waals surface area contributed by atoms with E-state index in [0.29, 0.717) is 0 Å². The Kier molecular flexibility index (Phi) is 3.62. The maximum Gasteiger partial charge on any atom is 0.0767 e. The highest BCUT2D eigenvalue weighted by Crippen LogP contribution is 2.28. The third-order valence-electron chi connectivity index (χ3n) is 4.53. The summed E-state index contributed by atoms with van der Waals surface area (Å²) in [7, 11) is 0. The van der Waals surface area contributed by atoms with Crippen LogP contribution >= 0.6 is 0 Å². The van der Waals surface area contributed by atoms with Gasteiger partial charge in [-0.1, -0.05) is 19.9 Å². The molecule has 2 N–H and O–H groups in total. The minimum Gasteiger partial charge on any atom is -0.398 e. The molecule has 1 atom stereocenters. The van der Waals surface area contributed by atoms with E-state index < -0.39 is 0 Å². The van der Waals surface area contributed by atoms with Gasteiger partial charge in [-0.15, -0.1) is 0 Å². The number of aromatic nitrogens is 1. The average Bonchev–Trinajstić information content (AvgIpc) is 2.91. The summed E-state index contributed by atoms with van der Waals surface area (Å²) in [5.74, 6) is 1.62. The number of hydrogen-bond acceptors (Lipinski definition) is 3. The number of fused-ring (bicyclic) bond motifs is 1. The smallest absolute Gasteiger partial charge is 0.0767 e. The molecular formula is C17H23N3. The lowest BCUT2D eigenvalue weighted by Crippen LogP contribution is -2.21. The minimum absolute atomic E-state index is 0.779. The molecule has 1 aliphatic rings. The van der Waals surface area contributed by atoms with Crippen LogP contribution in [0.2, 0.25) is 0 Å². The normalized spacial score (nSPS) is 20.1. The molecule has 1 saturated heterocycles. The predicted octanol–water partition coefficient (Wildman–Crippen LogP) is 3.29. The third-order valence-corrected chi connectivity index (χ3v) is 4.53. The molecule has 0 spiro atoms. The maximum atomic E-state index is 6.04. The molecule has 1 aromatic carbocycles. The Morgan fingerprint density at radius 3 is 2.95 bits per heavy atom. The molecule has 1 unspecified atom stereocenters. The first-order valence-corrected chi connectivity index (χ1v) is 7.49. The first-order chi connectivity index (χ1) is 9.65. The molecule has 3 rings (SSSR count). The van der Waals surface area contributed by atoms with Crippen LogP contribution in [0.25, 0.3) is 10.9 Å². The second kappa shape index (κ2) is 5.41. The summed E-state index contributed by atoms with van der Waals surface area (Å²) in [6.45, 7) is 8.04. The van der Waals surface area contributed by atoms with E-state index in [9.17, 15) is 0 Å². The molecule has 0 radical (unpaired) electrons. The van der Waals surface area contributed by atoms with E-state index in [1.165, 1.54) is 25.1 Å². The second-order valence-electron chi connectivity index (χ2n) is 6.24. The summed E-state index contributed by atoms with van der Waals surface area (Å²) in [4.78, 5) is 7.08. The molecular weight excluding hydrogens is 246 g/mol. The highest BCUT2D eigenvalue weighted by molar-refractivity contribution is 5.92. The fraction of sp³-hybridized carbons (Fsp3) is 0.471. The van der Waals surface area contributed by atoms with Gasteiger partial charge < -0.3 is 5.73 Å². The molecule has 0 bridgehead atoms. The van der Waals surface area contributed by atoms with Gasteiger partial charge >= 0.3 is 0 Å². The van der Waals surface area contributed by atoms with Crippen molar-refractivity contribution in [2.24, 2.45) is 11.8 Å². The fourth-order valence-electron chi connectivity index (χ4n) is 3.17. The first kappa shape index (κ1) is 13.4. The molecule has 0 amide bonds. The molecule has 1 aliphatic heterocycles. The van der Waals surface area contributed by atoms with Gasteiger partial charge in [0.05, 0.1) is 5.52 Å². The molecule has 0 aliphatic carbocycles. The first-order valence-electron chi connectivity index (χ1n) is 7.49. The summed E-state index contributed by atoms with van der Waals surface area (Å²) >= 11 is 0. The van der Waals surface area contributed by atoms with Gasteiger partial charge in [0.25, 0.3) is 0 Å². The van der Waals surface area contributed by atoms with Gasteiger partial charge in [0.2, 0.25) is 0 Å². The van der Waals surface area contributed by atoms with Gasteiger partial charge in [-0.3, -0.25) is 9.88 Å². The SMILES string of the molecule is CC(C)C1CCN(Cc2ccc(N)c3cccnc23)C1. The Bertz CT molecular complexity index is 606. The molecule has 0 saturated carbocycles. The zero-order chi connectivity index (χ0) is 14.1. The molecule has 1 aromatic heterocycles. The van der Waals surface area contributed by atoms with Crippen LogP contribution in [0.3, 0.4) is 0 Å². The van der Waals surface area contributed by atoms with Gasteiger partial charge in [0, 0.05) is 30.4 Å². The Hall–Kier alpha value is -1.61. The Morgan fingerprint density at radius 2 is 2.20 bits per heavy atom. The van der Waals surface area contributed by atoms with Crippen molar-refractivity contribution in [1.82, 2.24) is 9.88 Å². The summed E-state index contributed by atoms with van der Waals surface area (Å²) < 4.78 is 0. The highest BCUT2D eigenvalue weighted by Gasteiger charge is 2.25. The Labute approximate surface area is 120 Å². The van der Waals surface area contributed by atoms with Gasteiger partial charge in [-0.25, -0.2) is 0 Å². The summed E-state index contributed by atoms with van der Waals surface area (Å²) in [6, 6.07) is 8.15. The molecule has 3 nitrogen and oxygen atoms in total. The van der Waals surface area contributed by atoms with E-state index >= 15 is 0 Å². The number of nitrogens with two attached hydrogens (primary N) is 1. The van der Waals surface area contributed by atoms with Gasteiger partial charge in [-0.2, -0.15) is 0 Å². The van der Waals surface area contributed by atoms with Gasteiger partial charge in [0.15, 0.2) is 0 Å². The van der Waals surface area contributed by atoms with E-state index in [1.807, 2.05) is 18.3 Å². The number of anilines is 1. The van der Waals surface area contributed by atoms with Gasteiger partial charge in [-0.05, 0) is 48.6 Å². The van der Waals surface area contributed by atoms with Crippen LogP contribution in [0.5, 0.6) is 0 Å². The van der Waals surface area contributed by atoms with Crippen LogP contribution in [0.15, 0.2) is 30.5 Å². The maximum absolute atomic E-state index is 6.04. The van der Waals surface area contributed by atoms with Crippen LogP contribution in [0.1, 0.15) is 25.8 Å². The van der Waals surface area contributed by atoms with Crippen molar-refractivity contribution in [1.29, 1.82) is 0 Å². The van der Waals surface area contributed by atoms with Crippen molar-refractivity contribution in [3.05, 3.63) is 36.0 Å². The molecule has 3 heteroatoms. The number of nitrogens with zero attached hydrogens (tertiary/aromatic N) is 2. The number of pyridine rings is 1. The lowest BCUT2D eigenvalue weighted by atomic mass is 9.95. The monoisotopic (exact) mass is 269 g/mol. The zero-order valence-corrected chi connectivity index (χ0v) is 12.3. The fourth-order valence-corrected chi connectivity index (χ4v) is 3.17. The van der Waals surface area contributed by atoms with Crippen molar-refractivity contribution < 1.29 is 0 Å². The molecule has 2 heterocycles.